The summed E-state index contributed by atoms with van der Waals surface area (Å²) in [5.41, 5.74) is 7.09. The minimum Gasteiger partial charge on any atom is -0.342 e. The average molecular weight is 395 g/mol. The van der Waals surface area contributed by atoms with E-state index in [-0.39, 0.29) is 29.8 Å². The molecule has 1 aromatic carbocycles. The molecule has 2 rings (SSSR count). The zero-order valence-corrected chi connectivity index (χ0v) is 17.8. The lowest BCUT2D eigenvalue weighted by Crippen LogP contribution is -2.34. The molecule has 7 heteroatoms. The molecule has 0 radical (unpaired) electrons. The van der Waals surface area contributed by atoms with Crippen molar-refractivity contribution in [2.45, 2.75) is 52.5 Å². The molecular weight excluding hydrogens is 364 g/mol. The van der Waals surface area contributed by atoms with Crippen molar-refractivity contribution in [3.63, 3.8) is 0 Å². The summed E-state index contributed by atoms with van der Waals surface area (Å²) in [6.45, 7) is 10.8. The maximum Gasteiger partial charge on any atom is 0.258 e. The van der Waals surface area contributed by atoms with Gasteiger partial charge in [-0.05, 0) is 24.5 Å². The largest absolute Gasteiger partial charge is 0.342 e. The van der Waals surface area contributed by atoms with E-state index >= 15 is 0 Å². The Bertz CT molecular complexity index is 752. The van der Waals surface area contributed by atoms with Crippen LogP contribution in [0.15, 0.2) is 28.8 Å². The fraction of sp³-hybridized carbons (Fsp3) is 0.550. The highest BCUT2D eigenvalue weighted by Gasteiger charge is 2.24. The van der Waals surface area contributed by atoms with E-state index in [1.807, 2.05) is 39.0 Å². The molecule has 0 fully saturated rings. The van der Waals surface area contributed by atoms with Crippen molar-refractivity contribution in [1.82, 2.24) is 15.0 Å². The van der Waals surface area contributed by atoms with Crippen LogP contribution < -0.4 is 5.73 Å². The predicted octanol–water partition coefficient (Wildman–Crippen LogP) is 3.90. The monoisotopic (exact) mass is 394 g/mol. The fourth-order valence-corrected chi connectivity index (χ4v) is 2.48. The van der Waals surface area contributed by atoms with Crippen molar-refractivity contribution < 1.29 is 9.32 Å². The Morgan fingerprint density at radius 3 is 2.44 bits per heavy atom. The molecule has 2 aromatic rings. The summed E-state index contributed by atoms with van der Waals surface area (Å²) in [5, 5.41) is 4.06. The van der Waals surface area contributed by atoms with Gasteiger partial charge in [-0.3, -0.25) is 4.79 Å². The summed E-state index contributed by atoms with van der Waals surface area (Å²) in [4.78, 5) is 19.1. The van der Waals surface area contributed by atoms with Gasteiger partial charge >= 0.3 is 0 Å². The van der Waals surface area contributed by atoms with Gasteiger partial charge in [-0.1, -0.05) is 51.9 Å². The van der Waals surface area contributed by atoms with Gasteiger partial charge in [0.15, 0.2) is 5.82 Å². The SMILES string of the molecule is CC(C)C(N)CCN(C)C(=O)c1ccccc1-c1nc(C(C)(C)C)no1.Cl. The van der Waals surface area contributed by atoms with Crippen LogP contribution in [-0.2, 0) is 5.41 Å². The molecule has 0 aliphatic carbocycles. The lowest BCUT2D eigenvalue weighted by Gasteiger charge is -2.22. The van der Waals surface area contributed by atoms with Crippen LogP contribution in [-0.4, -0.2) is 40.6 Å². The van der Waals surface area contributed by atoms with Gasteiger partial charge < -0.3 is 15.2 Å². The first-order chi connectivity index (χ1) is 12.1. The quantitative estimate of drug-likeness (QED) is 0.802. The first-order valence-corrected chi connectivity index (χ1v) is 9.06. The Balaban J connectivity index is 0.00000364. The molecule has 6 nitrogen and oxygen atoms in total. The number of halogens is 1. The van der Waals surface area contributed by atoms with Crippen LogP contribution in [0.3, 0.4) is 0 Å². The molecule has 2 N–H and O–H groups in total. The topological polar surface area (TPSA) is 85.2 Å². The highest BCUT2D eigenvalue weighted by molar-refractivity contribution is 5.99. The number of hydrogen-bond donors (Lipinski definition) is 1. The van der Waals surface area contributed by atoms with E-state index in [0.717, 1.165) is 6.42 Å². The highest BCUT2D eigenvalue weighted by atomic mass is 35.5. The van der Waals surface area contributed by atoms with Gasteiger partial charge in [0.25, 0.3) is 11.8 Å². The molecule has 1 aromatic heterocycles. The minimum atomic E-state index is -0.218. The van der Waals surface area contributed by atoms with Crippen molar-refractivity contribution in [2.24, 2.45) is 11.7 Å². The Morgan fingerprint density at radius 2 is 1.89 bits per heavy atom. The zero-order valence-electron chi connectivity index (χ0n) is 17.0. The predicted molar refractivity (Wildman–Crippen MR) is 110 cm³/mol. The maximum absolute atomic E-state index is 12.9. The third kappa shape index (κ3) is 5.78. The van der Waals surface area contributed by atoms with Crippen LogP contribution in [0, 0.1) is 5.92 Å². The number of carbonyl (C=O) groups excluding carboxylic acids is 1. The summed E-state index contributed by atoms with van der Waals surface area (Å²) in [6, 6.07) is 7.40. The summed E-state index contributed by atoms with van der Waals surface area (Å²) in [6.07, 6.45) is 0.761. The van der Waals surface area contributed by atoms with Gasteiger partial charge in [-0.15, -0.1) is 12.4 Å². The van der Waals surface area contributed by atoms with Gasteiger partial charge in [0, 0.05) is 25.0 Å². The van der Waals surface area contributed by atoms with Crippen LogP contribution in [0.1, 0.15) is 57.2 Å². The summed E-state index contributed by atoms with van der Waals surface area (Å²) >= 11 is 0. The Hall–Kier alpha value is -1.92. The van der Waals surface area contributed by atoms with E-state index < -0.39 is 0 Å². The molecule has 0 saturated heterocycles. The van der Waals surface area contributed by atoms with E-state index in [0.29, 0.717) is 35.3 Å². The van der Waals surface area contributed by atoms with Gasteiger partial charge in [0.05, 0.1) is 11.1 Å². The summed E-state index contributed by atoms with van der Waals surface area (Å²) < 4.78 is 5.43. The lowest BCUT2D eigenvalue weighted by molar-refractivity contribution is 0.0789. The Morgan fingerprint density at radius 1 is 1.26 bits per heavy atom. The third-order valence-corrected chi connectivity index (χ3v) is 4.49. The van der Waals surface area contributed by atoms with Crippen LogP contribution in [0.25, 0.3) is 11.5 Å². The third-order valence-electron chi connectivity index (χ3n) is 4.49. The van der Waals surface area contributed by atoms with Crippen molar-refractivity contribution in [3.8, 4) is 11.5 Å². The van der Waals surface area contributed by atoms with Crippen molar-refractivity contribution in [2.75, 3.05) is 13.6 Å². The molecule has 1 heterocycles. The number of rotatable bonds is 6. The van der Waals surface area contributed by atoms with Gasteiger partial charge in [0.2, 0.25) is 0 Å². The second-order valence-electron chi connectivity index (χ2n) is 8.14. The van der Waals surface area contributed by atoms with E-state index in [4.69, 9.17) is 10.3 Å². The maximum atomic E-state index is 12.9. The van der Waals surface area contributed by atoms with Crippen LogP contribution >= 0.6 is 12.4 Å². The number of hydrogen-bond acceptors (Lipinski definition) is 5. The second kappa shape index (κ2) is 9.33. The number of benzene rings is 1. The second-order valence-corrected chi connectivity index (χ2v) is 8.14. The number of amides is 1. The molecule has 150 valence electrons. The molecule has 0 bridgehead atoms. The molecule has 1 unspecified atom stereocenters. The summed E-state index contributed by atoms with van der Waals surface area (Å²) in [7, 11) is 1.79. The number of aromatic nitrogens is 2. The molecular formula is C20H31ClN4O2. The Kier molecular flexibility index (Phi) is 7.99. The first kappa shape index (κ1) is 23.1. The van der Waals surface area contributed by atoms with E-state index in [9.17, 15) is 4.79 Å². The van der Waals surface area contributed by atoms with Crippen molar-refractivity contribution in [1.29, 1.82) is 0 Å². The number of nitrogens with two attached hydrogens (primary N) is 1. The van der Waals surface area contributed by atoms with Crippen LogP contribution in [0.5, 0.6) is 0 Å². The molecule has 0 spiro atoms. The zero-order chi connectivity index (χ0) is 19.5. The van der Waals surface area contributed by atoms with Crippen molar-refractivity contribution >= 4 is 18.3 Å². The van der Waals surface area contributed by atoms with Crippen LogP contribution in [0.4, 0.5) is 0 Å². The van der Waals surface area contributed by atoms with E-state index in [2.05, 4.69) is 24.0 Å². The smallest absolute Gasteiger partial charge is 0.258 e. The standard InChI is InChI=1S/C20H30N4O2.ClH/c1-13(2)16(21)11-12-24(6)18(25)15-10-8-7-9-14(15)17-22-19(23-26-17)20(3,4)5;/h7-10,13,16H,11-12,21H2,1-6H3;1H. The van der Waals surface area contributed by atoms with Gasteiger partial charge in [-0.25, -0.2) is 0 Å². The average Bonchev–Trinajstić information content (AvgIpc) is 3.08. The van der Waals surface area contributed by atoms with Gasteiger partial charge in [-0.2, -0.15) is 4.98 Å². The fourth-order valence-electron chi connectivity index (χ4n) is 2.48. The molecule has 1 atom stereocenters. The van der Waals surface area contributed by atoms with Crippen molar-refractivity contribution in [3.05, 3.63) is 35.7 Å². The van der Waals surface area contributed by atoms with E-state index in [1.165, 1.54) is 0 Å². The van der Waals surface area contributed by atoms with E-state index in [1.54, 1.807) is 18.0 Å². The van der Waals surface area contributed by atoms with Gasteiger partial charge in [0.1, 0.15) is 0 Å². The van der Waals surface area contributed by atoms with Crippen LogP contribution in [0.2, 0.25) is 0 Å². The molecule has 1 amide bonds. The number of carbonyl (C=O) groups is 1. The summed E-state index contributed by atoms with van der Waals surface area (Å²) in [5.74, 6) is 1.30. The first-order valence-electron chi connectivity index (χ1n) is 9.06. The lowest BCUT2D eigenvalue weighted by atomic mass is 9.96. The number of nitrogens with zero attached hydrogens (tertiary/aromatic N) is 3. The highest BCUT2D eigenvalue weighted by Crippen LogP contribution is 2.26. The Labute approximate surface area is 167 Å². The molecule has 27 heavy (non-hydrogen) atoms. The molecule has 0 saturated carbocycles. The molecule has 0 aliphatic heterocycles. The molecule has 0 aliphatic rings. The minimum absolute atomic E-state index is 0. The normalized spacial score (nSPS) is 12.6.